The highest BCUT2D eigenvalue weighted by Gasteiger charge is 2.54. The number of likely N-dealkylation sites (tertiary alicyclic amines) is 1. The van der Waals surface area contributed by atoms with Gasteiger partial charge in [-0.05, 0) is 49.5 Å². The van der Waals surface area contributed by atoms with E-state index in [0.717, 1.165) is 31.5 Å². The number of carbonyl (C=O) groups excluding carboxylic acids is 2. The van der Waals surface area contributed by atoms with Crippen molar-refractivity contribution < 1.29 is 14.7 Å². The Kier molecular flexibility index (Phi) is 4.61. The summed E-state index contributed by atoms with van der Waals surface area (Å²) in [7, 11) is 0. The molecule has 1 aromatic carbocycles. The number of nitrogens with one attached hydrogen (secondary N) is 1. The standard InChI is InChI=1S/C20H27N3O3/c1-13(24)21-8-5-18(26)23-12-17(15-3-2-4-16(25)11-15)20-19(23)14-6-9-22(20)10-7-14/h2-4,11,14,17,19-20,25H,5-10,12H2,1H3,(H,21,24)/t17-,19+,20+/m1/s1. The minimum Gasteiger partial charge on any atom is -0.508 e. The van der Waals surface area contributed by atoms with E-state index in [0.29, 0.717) is 31.5 Å². The Bertz CT molecular complexity index is 699. The summed E-state index contributed by atoms with van der Waals surface area (Å²) >= 11 is 0. The van der Waals surface area contributed by atoms with Crippen molar-refractivity contribution in [3.8, 4) is 5.75 Å². The summed E-state index contributed by atoms with van der Waals surface area (Å²) in [5.74, 6) is 1.12. The number of hydrogen-bond acceptors (Lipinski definition) is 4. The predicted molar refractivity (Wildman–Crippen MR) is 97.7 cm³/mol. The lowest BCUT2D eigenvalue weighted by molar-refractivity contribution is -0.135. The van der Waals surface area contributed by atoms with Crippen LogP contribution < -0.4 is 5.32 Å². The van der Waals surface area contributed by atoms with Gasteiger partial charge < -0.3 is 15.3 Å². The van der Waals surface area contributed by atoms with Crippen molar-refractivity contribution in [3.05, 3.63) is 29.8 Å². The van der Waals surface area contributed by atoms with E-state index < -0.39 is 0 Å². The number of amides is 2. The second kappa shape index (κ2) is 6.91. The first-order chi connectivity index (χ1) is 12.5. The van der Waals surface area contributed by atoms with Crippen LogP contribution in [-0.2, 0) is 9.59 Å². The second-order valence-corrected chi connectivity index (χ2v) is 7.84. The van der Waals surface area contributed by atoms with Crippen LogP contribution in [0, 0.1) is 5.92 Å². The Morgan fingerprint density at radius 1 is 1.23 bits per heavy atom. The molecule has 4 fully saturated rings. The van der Waals surface area contributed by atoms with Crippen LogP contribution in [0.4, 0.5) is 0 Å². The van der Waals surface area contributed by atoms with Gasteiger partial charge in [-0.15, -0.1) is 0 Å². The van der Waals surface area contributed by atoms with Gasteiger partial charge in [0.05, 0.1) is 6.04 Å². The van der Waals surface area contributed by atoms with E-state index in [4.69, 9.17) is 0 Å². The number of piperidine rings is 3. The summed E-state index contributed by atoms with van der Waals surface area (Å²) in [6, 6.07) is 8.09. The molecule has 2 amide bonds. The molecule has 0 unspecified atom stereocenters. The Balaban J connectivity index is 1.58. The zero-order valence-electron chi connectivity index (χ0n) is 15.2. The first-order valence-electron chi connectivity index (χ1n) is 9.61. The molecule has 0 aliphatic carbocycles. The lowest BCUT2D eigenvalue weighted by Crippen LogP contribution is -2.60. The zero-order valence-corrected chi connectivity index (χ0v) is 15.2. The average Bonchev–Trinajstić information content (AvgIpc) is 3.05. The van der Waals surface area contributed by atoms with E-state index in [2.05, 4.69) is 21.2 Å². The number of carbonyl (C=O) groups is 2. The first-order valence-corrected chi connectivity index (χ1v) is 9.61. The van der Waals surface area contributed by atoms with E-state index in [1.807, 2.05) is 12.1 Å². The van der Waals surface area contributed by atoms with Crippen LogP contribution in [0.25, 0.3) is 0 Å². The zero-order chi connectivity index (χ0) is 18.3. The lowest BCUT2D eigenvalue weighted by atomic mass is 9.75. The number of benzene rings is 1. The normalized spacial score (nSPS) is 32.3. The van der Waals surface area contributed by atoms with Crippen molar-refractivity contribution in [1.29, 1.82) is 0 Å². The summed E-state index contributed by atoms with van der Waals surface area (Å²) in [6.45, 7) is 4.78. The molecule has 6 nitrogen and oxygen atoms in total. The fourth-order valence-electron chi connectivity index (χ4n) is 5.24. The number of phenols is 1. The van der Waals surface area contributed by atoms with Crippen LogP contribution >= 0.6 is 0 Å². The van der Waals surface area contributed by atoms with Crippen LogP contribution in [0.3, 0.4) is 0 Å². The number of fused-ring (bicyclic) bond motifs is 2. The number of nitrogens with zero attached hydrogens (tertiary/aromatic N) is 2. The molecule has 4 aliphatic rings. The maximum atomic E-state index is 12.9. The summed E-state index contributed by atoms with van der Waals surface area (Å²) in [6.07, 6.45) is 2.66. The molecule has 0 saturated carbocycles. The third-order valence-electron chi connectivity index (χ3n) is 6.33. The second-order valence-electron chi connectivity index (χ2n) is 7.84. The molecule has 4 saturated heterocycles. The number of rotatable bonds is 4. The van der Waals surface area contributed by atoms with Crippen LogP contribution in [0.2, 0.25) is 0 Å². The van der Waals surface area contributed by atoms with Crippen molar-refractivity contribution >= 4 is 11.8 Å². The van der Waals surface area contributed by atoms with Gasteiger partial charge in [0, 0.05) is 38.4 Å². The van der Waals surface area contributed by atoms with Gasteiger partial charge in [0.25, 0.3) is 0 Å². The largest absolute Gasteiger partial charge is 0.508 e. The molecule has 1 aromatic rings. The minimum absolute atomic E-state index is 0.0995. The molecule has 2 N–H and O–H groups in total. The van der Waals surface area contributed by atoms with Crippen molar-refractivity contribution in [2.24, 2.45) is 5.92 Å². The third-order valence-corrected chi connectivity index (χ3v) is 6.33. The molecule has 5 rings (SSSR count). The van der Waals surface area contributed by atoms with Gasteiger partial charge in [-0.25, -0.2) is 0 Å². The molecule has 4 heterocycles. The van der Waals surface area contributed by atoms with Crippen LogP contribution in [0.5, 0.6) is 5.75 Å². The number of hydrogen-bond donors (Lipinski definition) is 2. The SMILES string of the molecule is CC(=O)NCCC(=O)N1C[C@H](c2cccc(O)c2)[C@H]2[C@@H]1C1CCN2CC1. The fraction of sp³-hybridized carbons (Fsp3) is 0.600. The van der Waals surface area contributed by atoms with E-state index in [9.17, 15) is 14.7 Å². The highest BCUT2D eigenvalue weighted by atomic mass is 16.3. The molecular formula is C20H27N3O3. The monoisotopic (exact) mass is 357 g/mol. The smallest absolute Gasteiger partial charge is 0.224 e. The van der Waals surface area contributed by atoms with Crippen molar-refractivity contribution in [2.75, 3.05) is 26.2 Å². The molecule has 0 aromatic heterocycles. The molecule has 3 atom stereocenters. The van der Waals surface area contributed by atoms with Gasteiger partial charge >= 0.3 is 0 Å². The van der Waals surface area contributed by atoms with Crippen molar-refractivity contribution in [3.63, 3.8) is 0 Å². The fourth-order valence-corrected chi connectivity index (χ4v) is 5.24. The summed E-state index contributed by atoms with van der Waals surface area (Å²) in [5.41, 5.74) is 1.12. The van der Waals surface area contributed by atoms with Crippen LogP contribution in [-0.4, -0.2) is 65.0 Å². The predicted octanol–water partition coefficient (Wildman–Crippen LogP) is 1.31. The van der Waals surface area contributed by atoms with Crippen LogP contribution in [0.1, 0.15) is 37.7 Å². The highest BCUT2D eigenvalue weighted by Crippen LogP contribution is 2.46. The highest BCUT2D eigenvalue weighted by molar-refractivity contribution is 5.79. The van der Waals surface area contributed by atoms with Crippen molar-refractivity contribution in [1.82, 2.24) is 15.1 Å². The van der Waals surface area contributed by atoms with Gasteiger partial charge in [0.1, 0.15) is 5.75 Å². The Hall–Kier alpha value is -2.08. The van der Waals surface area contributed by atoms with E-state index in [1.165, 1.54) is 6.92 Å². The maximum absolute atomic E-state index is 12.9. The molecular weight excluding hydrogens is 330 g/mol. The molecule has 0 radical (unpaired) electrons. The summed E-state index contributed by atoms with van der Waals surface area (Å²) < 4.78 is 0. The number of aromatic hydroxyl groups is 1. The van der Waals surface area contributed by atoms with Gasteiger partial charge in [-0.2, -0.15) is 0 Å². The molecule has 0 spiro atoms. The third kappa shape index (κ3) is 3.07. The lowest BCUT2D eigenvalue weighted by Gasteiger charge is -2.51. The molecule has 6 heteroatoms. The average molecular weight is 357 g/mol. The Morgan fingerprint density at radius 3 is 2.69 bits per heavy atom. The van der Waals surface area contributed by atoms with Crippen LogP contribution in [0.15, 0.2) is 24.3 Å². The van der Waals surface area contributed by atoms with Gasteiger partial charge in [-0.3, -0.25) is 14.5 Å². The minimum atomic E-state index is -0.0995. The molecule has 26 heavy (non-hydrogen) atoms. The van der Waals surface area contributed by atoms with Crippen molar-refractivity contribution in [2.45, 2.75) is 44.2 Å². The molecule has 2 bridgehead atoms. The van der Waals surface area contributed by atoms with Gasteiger partial charge in [0.2, 0.25) is 11.8 Å². The Morgan fingerprint density at radius 2 is 2.00 bits per heavy atom. The van der Waals surface area contributed by atoms with Gasteiger partial charge in [0.15, 0.2) is 0 Å². The summed E-state index contributed by atoms with van der Waals surface area (Å²) in [4.78, 5) is 28.6. The topological polar surface area (TPSA) is 72.9 Å². The summed E-state index contributed by atoms with van der Waals surface area (Å²) in [5, 5.41) is 12.6. The van der Waals surface area contributed by atoms with Gasteiger partial charge in [-0.1, -0.05) is 12.1 Å². The first kappa shape index (κ1) is 17.3. The van der Waals surface area contributed by atoms with E-state index in [1.54, 1.807) is 6.07 Å². The Labute approximate surface area is 154 Å². The molecule has 4 aliphatic heterocycles. The maximum Gasteiger partial charge on any atom is 0.224 e. The quantitative estimate of drug-likeness (QED) is 0.852. The van der Waals surface area contributed by atoms with E-state index in [-0.39, 0.29) is 29.5 Å². The molecule has 140 valence electrons. The number of phenolic OH excluding ortho intramolecular Hbond substituents is 1. The van der Waals surface area contributed by atoms with E-state index >= 15 is 0 Å².